The number of hydrogen-bond acceptors (Lipinski definition) is 3. The molecule has 2 aliphatic rings. The van der Waals surface area contributed by atoms with Gasteiger partial charge in [0.15, 0.2) is 0 Å². The second kappa shape index (κ2) is 6.55. The summed E-state index contributed by atoms with van der Waals surface area (Å²) in [5.74, 6) is 0.0226. The number of aryl methyl sites for hydroxylation is 1. The summed E-state index contributed by atoms with van der Waals surface area (Å²) in [4.78, 5) is 29.3. The van der Waals surface area contributed by atoms with Crippen molar-refractivity contribution in [3.05, 3.63) is 35.4 Å². The summed E-state index contributed by atoms with van der Waals surface area (Å²) in [7, 11) is 3.59. The number of ether oxygens (including phenoxy) is 1. The number of likely N-dealkylation sites (tertiary alicyclic amines) is 1. The smallest absolute Gasteiger partial charge is 0.254 e. The maximum Gasteiger partial charge on any atom is 0.254 e. The van der Waals surface area contributed by atoms with Gasteiger partial charge in [0.2, 0.25) is 5.91 Å². The highest BCUT2D eigenvalue weighted by atomic mass is 16.5. The third kappa shape index (κ3) is 2.93. The second-order valence-electron chi connectivity index (χ2n) is 7.26. The molecule has 24 heavy (non-hydrogen) atoms. The molecule has 0 aliphatic carbocycles. The van der Waals surface area contributed by atoms with Gasteiger partial charge in [-0.3, -0.25) is 9.59 Å². The Morgan fingerprint density at radius 1 is 1.21 bits per heavy atom. The number of hydrogen-bond donors (Lipinski definition) is 0. The van der Waals surface area contributed by atoms with Crippen LogP contribution in [0.15, 0.2) is 24.3 Å². The van der Waals surface area contributed by atoms with E-state index in [9.17, 15) is 9.59 Å². The van der Waals surface area contributed by atoms with Crippen molar-refractivity contribution < 1.29 is 14.3 Å². The highest BCUT2D eigenvalue weighted by molar-refractivity contribution is 5.96. The molecule has 2 saturated heterocycles. The molecule has 2 heterocycles. The molecule has 1 aromatic rings. The van der Waals surface area contributed by atoms with E-state index in [2.05, 4.69) is 0 Å². The average molecular weight is 330 g/mol. The zero-order valence-electron chi connectivity index (χ0n) is 14.7. The largest absolute Gasteiger partial charge is 0.381 e. The van der Waals surface area contributed by atoms with Crippen LogP contribution in [0.25, 0.3) is 0 Å². The van der Waals surface area contributed by atoms with Crippen LogP contribution in [0.4, 0.5) is 0 Å². The topological polar surface area (TPSA) is 49.9 Å². The van der Waals surface area contributed by atoms with Gasteiger partial charge in [-0.15, -0.1) is 0 Å². The predicted molar refractivity (Wildman–Crippen MR) is 91.8 cm³/mol. The standard InChI is InChI=1S/C19H26N2O3/c1-14-6-4-5-7-15(14)17(22)21-12-16(18(23)20(2)3)19(13-21)8-10-24-11-9-19/h4-7,16H,8-13H2,1-3H3. The Balaban J connectivity index is 1.88. The maximum atomic E-state index is 13.0. The van der Waals surface area contributed by atoms with E-state index < -0.39 is 0 Å². The summed E-state index contributed by atoms with van der Waals surface area (Å²) in [5.41, 5.74) is 1.57. The molecule has 1 aromatic carbocycles. The normalized spacial score (nSPS) is 22.6. The molecule has 1 spiro atoms. The minimum atomic E-state index is -0.141. The summed E-state index contributed by atoms with van der Waals surface area (Å²) < 4.78 is 5.52. The van der Waals surface area contributed by atoms with Crippen LogP contribution < -0.4 is 0 Å². The minimum absolute atomic E-state index is 0.0352. The number of carbonyl (C=O) groups excluding carboxylic acids is 2. The van der Waals surface area contributed by atoms with Gasteiger partial charge < -0.3 is 14.5 Å². The molecule has 2 aliphatic heterocycles. The molecule has 3 rings (SSSR count). The Labute approximate surface area is 143 Å². The zero-order valence-corrected chi connectivity index (χ0v) is 14.7. The first-order valence-electron chi connectivity index (χ1n) is 8.58. The Bertz CT molecular complexity index is 635. The predicted octanol–water partition coefficient (Wildman–Crippen LogP) is 1.95. The summed E-state index contributed by atoms with van der Waals surface area (Å²) >= 11 is 0. The minimum Gasteiger partial charge on any atom is -0.381 e. The van der Waals surface area contributed by atoms with Gasteiger partial charge in [0.25, 0.3) is 5.91 Å². The molecule has 1 unspecified atom stereocenters. The maximum absolute atomic E-state index is 13.0. The van der Waals surface area contributed by atoms with Crippen LogP contribution in [0.2, 0.25) is 0 Å². The van der Waals surface area contributed by atoms with Crippen LogP contribution in [-0.4, -0.2) is 62.0 Å². The molecular formula is C19H26N2O3. The van der Waals surface area contributed by atoms with Gasteiger partial charge in [0.1, 0.15) is 0 Å². The third-order valence-corrected chi connectivity index (χ3v) is 5.54. The number of rotatable bonds is 2. The van der Waals surface area contributed by atoms with Crippen molar-refractivity contribution in [2.24, 2.45) is 11.3 Å². The summed E-state index contributed by atoms with van der Waals surface area (Å²) in [6.45, 7) is 4.45. The first kappa shape index (κ1) is 17.0. The average Bonchev–Trinajstić information content (AvgIpc) is 2.93. The SMILES string of the molecule is Cc1ccccc1C(=O)N1CC(C(=O)N(C)C)C2(CCOCC2)C1. The lowest BCUT2D eigenvalue weighted by Crippen LogP contribution is -2.44. The second-order valence-corrected chi connectivity index (χ2v) is 7.26. The van der Waals surface area contributed by atoms with Crippen molar-refractivity contribution in [1.29, 1.82) is 0 Å². The molecule has 5 heteroatoms. The molecule has 2 fully saturated rings. The highest BCUT2D eigenvalue weighted by Crippen LogP contribution is 2.45. The summed E-state index contributed by atoms with van der Waals surface area (Å²) in [5, 5.41) is 0. The van der Waals surface area contributed by atoms with Gasteiger partial charge in [-0.25, -0.2) is 0 Å². The molecule has 1 atom stereocenters. The van der Waals surface area contributed by atoms with Gasteiger partial charge in [-0.05, 0) is 31.4 Å². The van der Waals surface area contributed by atoms with E-state index in [1.165, 1.54) is 0 Å². The molecule has 5 nitrogen and oxygen atoms in total. The lowest BCUT2D eigenvalue weighted by molar-refractivity contribution is -0.138. The monoisotopic (exact) mass is 330 g/mol. The number of carbonyl (C=O) groups is 2. The van der Waals surface area contributed by atoms with Crippen molar-refractivity contribution in [3.63, 3.8) is 0 Å². The number of nitrogens with zero attached hydrogens (tertiary/aromatic N) is 2. The van der Waals surface area contributed by atoms with Crippen molar-refractivity contribution in [2.45, 2.75) is 19.8 Å². The van der Waals surface area contributed by atoms with Gasteiger partial charge in [0, 0.05) is 51.4 Å². The van der Waals surface area contributed by atoms with E-state index in [-0.39, 0.29) is 23.1 Å². The van der Waals surface area contributed by atoms with E-state index in [1.807, 2.05) is 36.1 Å². The first-order chi connectivity index (χ1) is 11.4. The van der Waals surface area contributed by atoms with Crippen molar-refractivity contribution in [3.8, 4) is 0 Å². The zero-order chi connectivity index (χ0) is 17.3. The third-order valence-electron chi connectivity index (χ3n) is 5.54. The van der Waals surface area contributed by atoms with Gasteiger partial charge in [-0.2, -0.15) is 0 Å². The fourth-order valence-corrected chi connectivity index (χ4v) is 4.04. The van der Waals surface area contributed by atoms with E-state index in [1.54, 1.807) is 19.0 Å². The molecule has 0 N–H and O–H groups in total. The van der Waals surface area contributed by atoms with Gasteiger partial charge in [0.05, 0.1) is 5.92 Å². The highest BCUT2D eigenvalue weighted by Gasteiger charge is 2.52. The van der Waals surface area contributed by atoms with E-state index >= 15 is 0 Å². The van der Waals surface area contributed by atoms with Crippen molar-refractivity contribution in [2.75, 3.05) is 40.4 Å². The summed E-state index contributed by atoms with van der Waals surface area (Å²) in [6, 6.07) is 7.66. The van der Waals surface area contributed by atoms with Crippen LogP contribution in [-0.2, 0) is 9.53 Å². The lowest BCUT2D eigenvalue weighted by Gasteiger charge is -2.37. The quantitative estimate of drug-likeness (QED) is 0.833. The van der Waals surface area contributed by atoms with Gasteiger partial charge in [-0.1, -0.05) is 18.2 Å². The van der Waals surface area contributed by atoms with E-state index in [0.29, 0.717) is 26.3 Å². The van der Waals surface area contributed by atoms with Crippen LogP contribution in [0.1, 0.15) is 28.8 Å². The molecular weight excluding hydrogens is 304 g/mol. The molecule has 0 saturated carbocycles. The Morgan fingerprint density at radius 2 is 1.88 bits per heavy atom. The Morgan fingerprint density at radius 3 is 2.50 bits per heavy atom. The Hall–Kier alpha value is -1.88. The summed E-state index contributed by atoms with van der Waals surface area (Å²) in [6.07, 6.45) is 1.68. The van der Waals surface area contributed by atoms with Crippen molar-refractivity contribution in [1.82, 2.24) is 9.80 Å². The number of amides is 2. The fourth-order valence-electron chi connectivity index (χ4n) is 4.04. The lowest BCUT2D eigenvalue weighted by atomic mass is 9.71. The van der Waals surface area contributed by atoms with Crippen LogP contribution in [0, 0.1) is 18.3 Å². The van der Waals surface area contributed by atoms with Crippen LogP contribution >= 0.6 is 0 Å². The van der Waals surface area contributed by atoms with Gasteiger partial charge >= 0.3 is 0 Å². The van der Waals surface area contributed by atoms with Crippen molar-refractivity contribution >= 4 is 11.8 Å². The molecule has 0 radical (unpaired) electrons. The molecule has 130 valence electrons. The van der Waals surface area contributed by atoms with Crippen LogP contribution in [0.3, 0.4) is 0 Å². The molecule has 0 aromatic heterocycles. The first-order valence-corrected chi connectivity index (χ1v) is 8.58. The molecule has 0 bridgehead atoms. The Kier molecular flexibility index (Phi) is 4.63. The van der Waals surface area contributed by atoms with E-state index in [0.717, 1.165) is 24.0 Å². The van der Waals surface area contributed by atoms with E-state index in [4.69, 9.17) is 4.74 Å². The number of benzene rings is 1. The fraction of sp³-hybridized carbons (Fsp3) is 0.579. The molecule has 2 amide bonds. The van der Waals surface area contributed by atoms with Crippen LogP contribution in [0.5, 0.6) is 0 Å².